The van der Waals surface area contributed by atoms with E-state index in [0.29, 0.717) is 32.5 Å². The number of nitrogens with one attached hydrogen (secondary N) is 1. The molecule has 7 heteroatoms. The molecule has 1 aromatic carbocycles. The van der Waals surface area contributed by atoms with Crippen LogP contribution in [0.4, 0.5) is 4.39 Å². The second-order valence-corrected chi connectivity index (χ2v) is 8.25. The Morgan fingerprint density at radius 1 is 1.21 bits per heavy atom. The fourth-order valence-electron chi connectivity index (χ4n) is 5.28. The van der Waals surface area contributed by atoms with Gasteiger partial charge in [0.25, 0.3) is 5.91 Å². The van der Waals surface area contributed by atoms with Crippen molar-refractivity contribution in [1.29, 1.82) is 0 Å². The van der Waals surface area contributed by atoms with Crippen molar-refractivity contribution < 1.29 is 18.7 Å². The van der Waals surface area contributed by atoms with Crippen LogP contribution in [0.5, 0.6) is 0 Å². The number of carbonyl (C=O) groups is 2. The maximum Gasteiger partial charge on any atom is 0.254 e. The van der Waals surface area contributed by atoms with E-state index in [2.05, 4.69) is 5.32 Å². The lowest BCUT2D eigenvalue weighted by atomic mass is 9.89. The first-order valence-electron chi connectivity index (χ1n) is 10.0. The summed E-state index contributed by atoms with van der Waals surface area (Å²) in [7, 11) is 1.62. The Labute approximate surface area is 165 Å². The van der Waals surface area contributed by atoms with Gasteiger partial charge in [0.05, 0.1) is 6.04 Å². The molecule has 28 heavy (non-hydrogen) atoms. The number of hydrogen-bond acceptors (Lipinski definition) is 4. The third-order valence-corrected chi connectivity index (χ3v) is 6.74. The Morgan fingerprint density at radius 2 is 1.96 bits per heavy atom. The molecule has 3 heterocycles. The van der Waals surface area contributed by atoms with Crippen LogP contribution in [0, 0.1) is 17.7 Å². The third-order valence-electron chi connectivity index (χ3n) is 6.74. The summed E-state index contributed by atoms with van der Waals surface area (Å²) in [6.07, 6.45) is 1.34. The molecule has 0 radical (unpaired) electrons. The Balaban J connectivity index is 1.58. The van der Waals surface area contributed by atoms with Crippen molar-refractivity contribution in [2.45, 2.75) is 31.4 Å². The van der Waals surface area contributed by atoms with E-state index >= 15 is 0 Å². The molecule has 0 unspecified atom stereocenters. The van der Waals surface area contributed by atoms with Crippen molar-refractivity contribution in [2.24, 2.45) is 11.8 Å². The van der Waals surface area contributed by atoms with E-state index in [9.17, 15) is 14.0 Å². The molecule has 6 nitrogen and oxygen atoms in total. The number of benzene rings is 1. The predicted octanol–water partition coefficient (Wildman–Crippen LogP) is 1.57. The largest absolute Gasteiger partial charge is 0.368 e. The topological polar surface area (TPSA) is 61.9 Å². The maximum absolute atomic E-state index is 13.8. The summed E-state index contributed by atoms with van der Waals surface area (Å²) < 4.78 is 19.6. The summed E-state index contributed by atoms with van der Waals surface area (Å²) in [5.74, 6) is 0.0666. The minimum atomic E-state index is -0.751. The fraction of sp³-hybridized carbons (Fsp3) is 0.619. The Bertz CT molecular complexity index is 765. The number of nitrogens with zero attached hydrogens (tertiary/aromatic N) is 2. The predicted molar refractivity (Wildman–Crippen MR) is 102 cm³/mol. The van der Waals surface area contributed by atoms with Crippen molar-refractivity contribution >= 4 is 11.8 Å². The number of amides is 2. The Morgan fingerprint density at radius 3 is 2.61 bits per heavy atom. The zero-order valence-corrected chi connectivity index (χ0v) is 16.5. The van der Waals surface area contributed by atoms with Crippen LogP contribution in [0.2, 0.25) is 0 Å². The molecule has 0 saturated carbocycles. The van der Waals surface area contributed by atoms with E-state index in [-0.39, 0.29) is 35.5 Å². The first kappa shape index (κ1) is 19.3. The first-order valence-corrected chi connectivity index (χ1v) is 10.0. The van der Waals surface area contributed by atoms with Crippen LogP contribution >= 0.6 is 0 Å². The average Bonchev–Trinajstić information content (AvgIpc) is 3.26. The average molecular weight is 389 g/mol. The minimum Gasteiger partial charge on any atom is -0.368 e. The molecule has 3 aliphatic heterocycles. The summed E-state index contributed by atoms with van der Waals surface area (Å²) in [6, 6.07) is 6.29. The standard InChI is InChI=1S/C21H28FN3O3/c1-14(26)25-12-16-11-24(20(27)21(28-2)6-8-23-9-7-21)13-18(16)19(25)15-4-3-5-17(22)10-15/h3-5,10,16,18-19,23H,6-9,11-13H2,1-2H3/t16-,18-,19+/m1/s1. The van der Waals surface area contributed by atoms with Crippen molar-refractivity contribution in [1.82, 2.24) is 15.1 Å². The van der Waals surface area contributed by atoms with E-state index in [1.54, 1.807) is 20.1 Å². The van der Waals surface area contributed by atoms with E-state index < -0.39 is 5.60 Å². The molecule has 3 saturated heterocycles. The molecule has 3 fully saturated rings. The molecule has 3 atom stereocenters. The van der Waals surface area contributed by atoms with E-state index in [1.807, 2.05) is 15.9 Å². The normalized spacial score (nSPS) is 29.0. The van der Waals surface area contributed by atoms with Crippen molar-refractivity contribution in [2.75, 3.05) is 39.8 Å². The molecule has 3 aliphatic rings. The molecule has 1 N–H and O–H groups in total. The highest BCUT2D eigenvalue weighted by Crippen LogP contribution is 2.45. The highest BCUT2D eigenvalue weighted by atomic mass is 19.1. The molecular formula is C21H28FN3O3. The van der Waals surface area contributed by atoms with E-state index in [1.165, 1.54) is 12.1 Å². The number of halogens is 1. The van der Waals surface area contributed by atoms with Gasteiger partial charge in [0.15, 0.2) is 0 Å². The number of ether oxygens (including phenoxy) is 1. The van der Waals surface area contributed by atoms with Crippen LogP contribution in [0.1, 0.15) is 31.4 Å². The quantitative estimate of drug-likeness (QED) is 0.853. The van der Waals surface area contributed by atoms with E-state index in [4.69, 9.17) is 4.74 Å². The fourth-order valence-corrected chi connectivity index (χ4v) is 5.28. The second kappa shape index (κ2) is 7.44. The zero-order valence-electron chi connectivity index (χ0n) is 16.5. The van der Waals surface area contributed by atoms with Gasteiger partial charge in [-0.05, 0) is 43.6 Å². The zero-order chi connectivity index (χ0) is 19.9. The van der Waals surface area contributed by atoms with Crippen LogP contribution < -0.4 is 5.32 Å². The SMILES string of the molecule is COC1(C(=O)N2C[C@@H]3CN(C(C)=O)[C@@H](c4cccc(F)c4)[C@@H]3C2)CCNCC1. The molecular weight excluding hydrogens is 361 g/mol. The van der Waals surface area contributed by atoms with Gasteiger partial charge in [-0.15, -0.1) is 0 Å². The summed E-state index contributed by atoms with van der Waals surface area (Å²) in [5.41, 5.74) is 0.0544. The molecule has 152 valence electrons. The monoisotopic (exact) mass is 389 g/mol. The minimum absolute atomic E-state index is 0.00625. The smallest absolute Gasteiger partial charge is 0.254 e. The Kier molecular flexibility index (Phi) is 5.14. The van der Waals surface area contributed by atoms with Gasteiger partial charge < -0.3 is 19.9 Å². The number of rotatable bonds is 3. The number of carbonyl (C=O) groups excluding carboxylic acids is 2. The van der Waals surface area contributed by atoms with Gasteiger partial charge in [-0.3, -0.25) is 9.59 Å². The third kappa shape index (κ3) is 3.20. The molecule has 0 aliphatic carbocycles. The number of piperidine rings is 1. The summed E-state index contributed by atoms with van der Waals surface area (Å²) in [6.45, 7) is 4.90. The Hall–Kier alpha value is -1.99. The lowest BCUT2D eigenvalue weighted by molar-refractivity contribution is -0.157. The summed E-state index contributed by atoms with van der Waals surface area (Å²) in [4.78, 5) is 29.3. The lowest BCUT2D eigenvalue weighted by Crippen LogP contribution is -2.55. The van der Waals surface area contributed by atoms with Gasteiger partial charge in [-0.25, -0.2) is 4.39 Å². The van der Waals surface area contributed by atoms with Crippen molar-refractivity contribution in [3.8, 4) is 0 Å². The summed E-state index contributed by atoms with van der Waals surface area (Å²) in [5, 5.41) is 3.28. The van der Waals surface area contributed by atoms with Crippen molar-refractivity contribution in [3.63, 3.8) is 0 Å². The number of likely N-dealkylation sites (tertiary alicyclic amines) is 2. The van der Waals surface area contributed by atoms with Crippen LogP contribution in [0.3, 0.4) is 0 Å². The van der Waals surface area contributed by atoms with Crippen molar-refractivity contribution in [3.05, 3.63) is 35.6 Å². The molecule has 0 aromatic heterocycles. The van der Waals surface area contributed by atoms with E-state index in [0.717, 1.165) is 18.7 Å². The molecule has 0 bridgehead atoms. The molecule has 2 amide bonds. The van der Waals surface area contributed by atoms with Gasteiger partial charge in [0.2, 0.25) is 5.91 Å². The molecule has 4 rings (SSSR count). The summed E-state index contributed by atoms with van der Waals surface area (Å²) >= 11 is 0. The van der Waals surface area contributed by atoms with Crippen LogP contribution in [-0.4, -0.2) is 67.0 Å². The maximum atomic E-state index is 13.8. The van der Waals surface area contributed by atoms with Gasteiger partial charge in [-0.1, -0.05) is 12.1 Å². The van der Waals surface area contributed by atoms with Crippen LogP contribution in [0.15, 0.2) is 24.3 Å². The number of fused-ring (bicyclic) bond motifs is 1. The van der Waals surface area contributed by atoms with Crippen LogP contribution in [-0.2, 0) is 14.3 Å². The second-order valence-electron chi connectivity index (χ2n) is 8.25. The van der Waals surface area contributed by atoms with Gasteiger partial charge in [0.1, 0.15) is 11.4 Å². The van der Waals surface area contributed by atoms with Gasteiger partial charge in [0, 0.05) is 45.5 Å². The number of methoxy groups -OCH3 is 1. The molecule has 1 aromatic rings. The first-order chi connectivity index (χ1) is 13.4. The highest BCUT2D eigenvalue weighted by molar-refractivity contribution is 5.86. The number of hydrogen-bond donors (Lipinski definition) is 1. The molecule has 0 spiro atoms. The van der Waals surface area contributed by atoms with Gasteiger partial charge >= 0.3 is 0 Å². The lowest BCUT2D eigenvalue weighted by Gasteiger charge is -2.38. The van der Waals surface area contributed by atoms with Crippen LogP contribution in [0.25, 0.3) is 0 Å². The highest BCUT2D eigenvalue weighted by Gasteiger charge is 2.52. The van der Waals surface area contributed by atoms with Gasteiger partial charge in [-0.2, -0.15) is 0 Å².